The summed E-state index contributed by atoms with van der Waals surface area (Å²) >= 11 is 0. The highest BCUT2D eigenvalue weighted by atomic mass is 19.1. The minimum Gasteiger partial charge on any atom is -0.497 e. The molecule has 2 aromatic rings. The van der Waals surface area contributed by atoms with Gasteiger partial charge in [-0.2, -0.15) is 5.10 Å². The van der Waals surface area contributed by atoms with Crippen LogP contribution < -0.4 is 4.74 Å². The molecule has 0 bridgehead atoms. The van der Waals surface area contributed by atoms with Crippen LogP contribution in [0.5, 0.6) is 5.75 Å². The molecule has 1 aromatic heterocycles. The van der Waals surface area contributed by atoms with Crippen LogP contribution in [0.2, 0.25) is 0 Å². The lowest BCUT2D eigenvalue weighted by molar-refractivity contribution is 0.320. The van der Waals surface area contributed by atoms with Gasteiger partial charge in [0.25, 0.3) is 0 Å². The van der Waals surface area contributed by atoms with E-state index in [4.69, 9.17) is 4.74 Å². The topological polar surface area (TPSA) is 41.1 Å². The van der Waals surface area contributed by atoms with Crippen molar-refractivity contribution in [3.05, 3.63) is 47.0 Å². The number of aromatic amines is 1. The second kappa shape index (κ2) is 5.85. The molecular formula is C16H20FN3O. The number of nitrogens with zero attached hydrogens (tertiary/aromatic N) is 2. The summed E-state index contributed by atoms with van der Waals surface area (Å²) in [6.07, 6.45) is 2.95. The number of halogens is 1. The van der Waals surface area contributed by atoms with Crippen LogP contribution in [0, 0.1) is 12.7 Å². The summed E-state index contributed by atoms with van der Waals surface area (Å²) in [6, 6.07) is 5.07. The van der Waals surface area contributed by atoms with E-state index in [0.717, 1.165) is 25.1 Å². The molecule has 3 rings (SSSR count). The van der Waals surface area contributed by atoms with Gasteiger partial charge in [-0.3, -0.25) is 10.00 Å². The van der Waals surface area contributed by atoms with E-state index in [1.807, 2.05) is 18.3 Å². The maximum Gasteiger partial charge on any atom is 0.131 e. The Morgan fingerprint density at radius 1 is 1.48 bits per heavy atom. The van der Waals surface area contributed by atoms with Crippen molar-refractivity contribution in [1.82, 2.24) is 15.1 Å². The van der Waals surface area contributed by atoms with Gasteiger partial charge in [0.1, 0.15) is 11.6 Å². The van der Waals surface area contributed by atoms with E-state index >= 15 is 0 Å². The fourth-order valence-electron chi connectivity index (χ4n) is 3.01. The first-order valence-electron chi connectivity index (χ1n) is 7.22. The SMILES string of the molecule is COc1ccc(CN2CC[C@@H](c3[nH]ncc3C)C2)c(F)c1. The highest BCUT2D eigenvalue weighted by molar-refractivity contribution is 5.29. The summed E-state index contributed by atoms with van der Waals surface area (Å²) in [6.45, 7) is 4.63. The number of aromatic nitrogens is 2. The molecule has 0 aliphatic carbocycles. The van der Waals surface area contributed by atoms with E-state index in [0.29, 0.717) is 18.2 Å². The zero-order chi connectivity index (χ0) is 14.8. The Morgan fingerprint density at radius 2 is 2.33 bits per heavy atom. The Bertz CT molecular complexity index is 626. The average molecular weight is 289 g/mol. The van der Waals surface area contributed by atoms with E-state index in [2.05, 4.69) is 22.0 Å². The highest BCUT2D eigenvalue weighted by Gasteiger charge is 2.26. The largest absolute Gasteiger partial charge is 0.497 e. The van der Waals surface area contributed by atoms with Crippen LogP contribution in [-0.2, 0) is 6.54 Å². The van der Waals surface area contributed by atoms with E-state index in [-0.39, 0.29) is 5.82 Å². The summed E-state index contributed by atoms with van der Waals surface area (Å²) < 4.78 is 19.0. The summed E-state index contributed by atoms with van der Waals surface area (Å²) in [4.78, 5) is 2.29. The predicted octanol–water partition coefficient (Wildman–Crippen LogP) is 2.86. The number of hydrogen-bond donors (Lipinski definition) is 1. The van der Waals surface area contributed by atoms with Crippen molar-refractivity contribution in [2.45, 2.75) is 25.8 Å². The molecule has 0 amide bonds. The minimum absolute atomic E-state index is 0.199. The zero-order valence-corrected chi connectivity index (χ0v) is 12.4. The molecule has 0 unspecified atom stereocenters. The van der Waals surface area contributed by atoms with Crippen LogP contribution in [0.3, 0.4) is 0 Å². The van der Waals surface area contributed by atoms with Gasteiger partial charge in [0, 0.05) is 36.3 Å². The average Bonchev–Trinajstić information content (AvgIpc) is 3.09. The molecule has 1 atom stereocenters. The van der Waals surface area contributed by atoms with Crippen molar-refractivity contribution in [2.75, 3.05) is 20.2 Å². The van der Waals surface area contributed by atoms with Crippen molar-refractivity contribution in [1.29, 1.82) is 0 Å². The molecule has 1 fully saturated rings. The highest BCUT2D eigenvalue weighted by Crippen LogP contribution is 2.29. The van der Waals surface area contributed by atoms with E-state index < -0.39 is 0 Å². The second-order valence-corrected chi connectivity index (χ2v) is 5.64. The Hall–Kier alpha value is -1.88. The van der Waals surface area contributed by atoms with Gasteiger partial charge in [-0.25, -0.2) is 4.39 Å². The van der Waals surface area contributed by atoms with Gasteiger partial charge in [-0.15, -0.1) is 0 Å². The number of ether oxygens (including phenoxy) is 1. The normalized spacial score (nSPS) is 19.1. The van der Waals surface area contributed by atoms with Crippen molar-refractivity contribution >= 4 is 0 Å². The number of benzene rings is 1. The van der Waals surface area contributed by atoms with Gasteiger partial charge in [0.05, 0.1) is 13.3 Å². The molecule has 4 nitrogen and oxygen atoms in total. The van der Waals surface area contributed by atoms with E-state index in [9.17, 15) is 4.39 Å². The second-order valence-electron chi connectivity index (χ2n) is 5.64. The van der Waals surface area contributed by atoms with Gasteiger partial charge < -0.3 is 4.74 Å². The van der Waals surface area contributed by atoms with Crippen LogP contribution in [-0.4, -0.2) is 35.3 Å². The third-order valence-corrected chi connectivity index (χ3v) is 4.20. The van der Waals surface area contributed by atoms with E-state index in [1.165, 1.54) is 17.3 Å². The number of H-pyrrole nitrogens is 1. The monoisotopic (exact) mass is 289 g/mol. The number of aryl methyl sites for hydroxylation is 1. The van der Waals surface area contributed by atoms with Crippen molar-refractivity contribution < 1.29 is 9.13 Å². The van der Waals surface area contributed by atoms with E-state index in [1.54, 1.807) is 7.11 Å². The van der Waals surface area contributed by atoms with Crippen molar-refractivity contribution in [3.63, 3.8) is 0 Å². The molecular weight excluding hydrogens is 269 g/mol. The summed E-state index contributed by atoms with van der Waals surface area (Å²) in [5.74, 6) is 0.827. The molecule has 21 heavy (non-hydrogen) atoms. The number of methoxy groups -OCH3 is 1. The molecule has 1 aliphatic rings. The lowest BCUT2D eigenvalue weighted by Gasteiger charge is -2.16. The molecule has 0 saturated carbocycles. The third kappa shape index (κ3) is 2.93. The van der Waals surface area contributed by atoms with Gasteiger partial charge in [-0.1, -0.05) is 6.07 Å². The maximum absolute atomic E-state index is 14.0. The fraction of sp³-hybridized carbons (Fsp3) is 0.438. The molecule has 112 valence electrons. The molecule has 0 radical (unpaired) electrons. The van der Waals surface area contributed by atoms with Crippen molar-refractivity contribution in [2.24, 2.45) is 0 Å². The molecule has 2 heterocycles. The molecule has 1 N–H and O–H groups in total. The molecule has 1 aliphatic heterocycles. The summed E-state index contributed by atoms with van der Waals surface area (Å²) in [7, 11) is 1.55. The zero-order valence-electron chi connectivity index (χ0n) is 12.4. The predicted molar refractivity (Wildman–Crippen MR) is 78.9 cm³/mol. The Morgan fingerprint density at radius 3 is 3.00 bits per heavy atom. The Balaban J connectivity index is 1.66. The number of hydrogen-bond acceptors (Lipinski definition) is 3. The van der Waals surface area contributed by atoms with Crippen molar-refractivity contribution in [3.8, 4) is 5.75 Å². The smallest absolute Gasteiger partial charge is 0.131 e. The summed E-state index contributed by atoms with van der Waals surface area (Å²) in [5.41, 5.74) is 3.14. The van der Waals surface area contributed by atoms with Crippen LogP contribution in [0.25, 0.3) is 0 Å². The van der Waals surface area contributed by atoms with Crippen LogP contribution in [0.1, 0.15) is 29.2 Å². The van der Waals surface area contributed by atoms with Gasteiger partial charge in [0.15, 0.2) is 0 Å². The lowest BCUT2D eigenvalue weighted by Crippen LogP contribution is -2.20. The maximum atomic E-state index is 14.0. The number of rotatable bonds is 4. The minimum atomic E-state index is -0.199. The molecule has 1 aromatic carbocycles. The first-order chi connectivity index (χ1) is 10.2. The fourth-order valence-corrected chi connectivity index (χ4v) is 3.01. The Kier molecular flexibility index (Phi) is 3.92. The number of nitrogens with one attached hydrogen (secondary N) is 1. The molecule has 5 heteroatoms. The number of likely N-dealkylation sites (tertiary alicyclic amines) is 1. The van der Waals surface area contributed by atoms with Crippen LogP contribution in [0.4, 0.5) is 4.39 Å². The van der Waals surface area contributed by atoms with Gasteiger partial charge in [-0.05, 0) is 31.5 Å². The standard InChI is InChI=1S/C16H20FN3O/c1-11-8-18-19-16(11)13-5-6-20(10-13)9-12-3-4-14(21-2)7-15(12)17/h3-4,7-8,13H,5-6,9-10H2,1-2H3,(H,18,19)/t13-/m1/s1. The third-order valence-electron chi connectivity index (χ3n) is 4.20. The van der Waals surface area contributed by atoms with Gasteiger partial charge >= 0.3 is 0 Å². The van der Waals surface area contributed by atoms with Gasteiger partial charge in [0.2, 0.25) is 0 Å². The quantitative estimate of drug-likeness (QED) is 0.941. The van der Waals surface area contributed by atoms with Crippen LogP contribution in [0.15, 0.2) is 24.4 Å². The summed E-state index contributed by atoms with van der Waals surface area (Å²) in [5, 5.41) is 7.18. The first kappa shape index (κ1) is 14.1. The van der Waals surface area contributed by atoms with Crippen LogP contribution >= 0.6 is 0 Å². The molecule has 0 spiro atoms. The lowest BCUT2D eigenvalue weighted by atomic mass is 10.0. The Labute approximate surface area is 123 Å². The molecule has 1 saturated heterocycles. The first-order valence-corrected chi connectivity index (χ1v) is 7.22.